The number of ether oxygens (including phenoxy) is 5. The molecule has 1 aliphatic heterocycles. The van der Waals surface area contributed by atoms with E-state index in [1.54, 1.807) is 6.92 Å². The maximum absolute atomic E-state index is 11.7. The highest BCUT2D eigenvalue weighted by molar-refractivity contribution is 5.73. The standard InChI is InChI=1S/C19H35NO7/c1-7-23-8-9-24-10-11-26-19(6)18(20-15(4)21)14(3)13(2)17(27-19)12-25-16(5)22/h13-14,17-18H,7-12H2,1-6H3,(H,20,21)/t13-,14+,17?,18?,19+/m1/s1. The molecular weight excluding hydrogens is 354 g/mol. The largest absolute Gasteiger partial charge is 0.463 e. The van der Waals surface area contributed by atoms with Crippen molar-refractivity contribution in [2.75, 3.05) is 39.6 Å². The second kappa shape index (κ2) is 11.6. The summed E-state index contributed by atoms with van der Waals surface area (Å²) in [5.41, 5.74) is 0. The summed E-state index contributed by atoms with van der Waals surface area (Å²) >= 11 is 0. The third kappa shape index (κ3) is 7.73. The van der Waals surface area contributed by atoms with Gasteiger partial charge in [-0.2, -0.15) is 0 Å². The lowest BCUT2D eigenvalue weighted by Crippen LogP contribution is -2.65. The average molecular weight is 389 g/mol. The molecule has 0 aromatic carbocycles. The van der Waals surface area contributed by atoms with Gasteiger partial charge in [0.1, 0.15) is 6.61 Å². The highest BCUT2D eigenvalue weighted by Crippen LogP contribution is 2.38. The number of nitrogens with one attached hydrogen (secondary N) is 1. The first kappa shape index (κ1) is 23.8. The van der Waals surface area contributed by atoms with Crippen molar-refractivity contribution >= 4 is 11.9 Å². The van der Waals surface area contributed by atoms with Crippen molar-refractivity contribution in [2.45, 2.75) is 59.5 Å². The van der Waals surface area contributed by atoms with Crippen LogP contribution < -0.4 is 5.32 Å². The first-order chi connectivity index (χ1) is 12.7. The van der Waals surface area contributed by atoms with Crippen LogP contribution in [0.1, 0.15) is 41.5 Å². The van der Waals surface area contributed by atoms with Crippen LogP contribution in [0, 0.1) is 11.8 Å². The van der Waals surface area contributed by atoms with Crippen LogP contribution in [-0.2, 0) is 33.3 Å². The van der Waals surface area contributed by atoms with E-state index in [1.807, 2.05) is 20.8 Å². The van der Waals surface area contributed by atoms with Crippen LogP contribution in [0.2, 0.25) is 0 Å². The minimum atomic E-state index is -1.05. The van der Waals surface area contributed by atoms with Crippen LogP contribution in [0.5, 0.6) is 0 Å². The molecule has 8 nitrogen and oxygen atoms in total. The maximum atomic E-state index is 11.7. The van der Waals surface area contributed by atoms with Gasteiger partial charge in [0.05, 0.1) is 38.6 Å². The van der Waals surface area contributed by atoms with Gasteiger partial charge in [0, 0.05) is 20.5 Å². The molecule has 1 fully saturated rings. The van der Waals surface area contributed by atoms with Crippen LogP contribution >= 0.6 is 0 Å². The van der Waals surface area contributed by atoms with E-state index in [0.29, 0.717) is 33.0 Å². The summed E-state index contributed by atoms with van der Waals surface area (Å²) in [6.45, 7) is 13.2. The molecular formula is C19H35NO7. The van der Waals surface area contributed by atoms with Crippen molar-refractivity contribution in [1.82, 2.24) is 5.32 Å². The molecule has 0 aromatic rings. The highest BCUT2D eigenvalue weighted by atomic mass is 16.7. The first-order valence-electron chi connectivity index (χ1n) is 9.59. The summed E-state index contributed by atoms with van der Waals surface area (Å²) in [6, 6.07) is -0.331. The van der Waals surface area contributed by atoms with E-state index in [1.165, 1.54) is 13.8 Å². The van der Waals surface area contributed by atoms with Crippen molar-refractivity contribution in [3.63, 3.8) is 0 Å². The topological polar surface area (TPSA) is 92.3 Å². The average Bonchev–Trinajstić information content (AvgIpc) is 2.60. The number of carbonyl (C=O) groups excluding carboxylic acids is 2. The molecule has 1 N–H and O–H groups in total. The summed E-state index contributed by atoms with van der Waals surface area (Å²) in [4.78, 5) is 22.9. The summed E-state index contributed by atoms with van der Waals surface area (Å²) in [5.74, 6) is -1.42. The lowest BCUT2D eigenvalue weighted by Gasteiger charge is -2.50. The fraction of sp³-hybridized carbons (Fsp3) is 0.895. The Labute approximate surface area is 162 Å². The fourth-order valence-corrected chi connectivity index (χ4v) is 3.26. The molecule has 5 atom stereocenters. The van der Waals surface area contributed by atoms with E-state index in [2.05, 4.69) is 5.32 Å². The quantitative estimate of drug-likeness (QED) is 0.423. The zero-order valence-electron chi connectivity index (χ0n) is 17.4. The predicted octanol–water partition coefficient (Wildman–Crippen LogP) is 1.51. The number of hydrogen-bond donors (Lipinski definition) is 1. The second-order valence-electron chi connectivity index (χ2n) is 7.03. The van der Waals surface area contributed by atoms with Crippen molar-refractivity contribution in [1.29, 1.82) is 0 Å². The van der Waals surface area contributed by atoms with E-state index >= 15 is 0 Å². The minimum Gasteiger partial charge on any atom is -0.463 e. The lowest BCUT2D eigenvalue weighted by atomic mass is 9.78. The molecule has 0 saturated carbocycles. The van der Waals surface area contributed by atoms with Gasteiger partial charge in [-0.3, -0.25) is 9.59 Å². The van der Waals surface area contributed by atoms with E-state index in [-0.39, 0.29) is 42.5 Å². The van der Waals surface area contributed by atoms with Gasteiger partial charge >= 0.3 is 5.97 Å². The van der Waals surface area contributed by atoms with Crippen molar-refractivity contribution in [3.8, 4) is 0 Å². The first-order valence-corrected chi connectivity index (χ1v) is 9.59. The van der Waals surface area contributed by atoms with E-state index < -0.39 is 5.79 Å². The molecule has 1 rings (SSSR count). The van der Waals surface area contributed by atoms with Crippen molar-refractivity contribution in [2.24, 2.45) is 11.8 Å². The monoisotopic (exact) mass is 389 g/mol. The Balaban J connectivity index is 2.71. The molecule has 1 saturated heterocycles. The zero-order valence-corrected chi connectivity index (χ0v) is 17.4. The van der Waals surface area contributed by atoms with Crippen LogP contribution in [0.4, 0.5) is 0 Å². The molecule has 8 heteroatoms. The number of carbonyl (C=O) groups is 2. The molecule has 0 spiro atoms. The maximum Gasteiger partial charge on any atom is 0.302 e. The molecule has 1 aliphatic rings. The number of rotatable bonds is 11. The van der Waals surface area contributed by atoms with Gasteiger partial charge in [-0.25, -0.2) is 0 Å². The Morgan fingerprint density at radius 3 is 2.26 bits per heavy atom. The van der Waals surface area contributed by atoms with Crippen LogP contribution in [0.25, 0.3) is 0 Å². The lowest BCUT2D eigenvalue weighted by molar-refractivity contribution is -0.311. The van der Waals surface area contributed by atoms with E-state index in [9.17, 15) is 9.59 Å². The van der Waals surface area contributed by atoms with E-state index in [4.69, 9.17) is 23.7 Å². The smallest absolute Gasteiger partial charge is 0.302 e. The Bertz CT molecular complexity index is 471. The molecule has 2 unspecified atom stereocenters. The van der Waals surface area contributed by atoms with Gasteiger partial charge in [0.15, 0.2) is 5.79 Å². The minimum absolute atomic E-state index is 0.0621. The van der Waals surface area contributed by atoms with Crippen molar-refractivity contribution < 1.29 is 33.3 Å². The third-order valence-electron chi connectivity index (χ3n) is 4.89. The normalized spacial score (nSPS) is 30.7. The number of esters is 1. The van der Waals surface area contributed by atoms with Gasteiger partial charge in [-0.1, -0.05) is 13.8 Å². The van der Waals surface area contributed by atoms with Crippen LogP contribution in [0.15, 0.2) is 0 Å². The van der Waals surface area contributed by atoms with Gasteiger partial charge in [-0.15, -0.1) is 0 Å². The van der Waals surface area contributed by atoms with Crippen LogP contribution in [0.3, 0.4) is 0 Å². The van der Waals surface area contributed by atoms with Gasteiger partial charge < -0.3 is 29.0 Å². The Morgan fingerprint density at radius 1 is 1.04 bits per heavy atom. The molecule has 0 aliphatic carbocycles. The fourth-order valence-electron chi connectivity index (χ4n) is 3.26. The summed E-state index contributed by atoms with van der Waals surface area (Å²) in [5, 5.41) is 2.95. The Morgan fingerprint density at radius 2 is 1.67 bits per heavy atom. The summed E-state index contributed by atoms with van der Waals surface area (Å²) < 4.78 is 28.0. The third-order valence-corrected chi connectivity index (χ3v) is 4.89. The van der Waals surface area contributed by atoms with Gasteiger partial charge in [0.25, 0.3) is 0 Å². The summed E-state index contributed by atoms with van der Waals surface area (Å²) in [6.07, 6.45) is -0.321. The summed E-state index contributed by atoms with van der Waals surface area (Å²) in [7, 11) is 0. The van der Waals surface area contributed by atoms with Crippen LogP contribution in [-0.4, -0.2) is 69.5 Å². The molecule has 0 radical (unpaired) electrons. The Kier molecular flexibility index (Phi) is 10.2. The predicted molar refractivity (Wildman–Crippen MR) is 99.1 cm³/mol. The van der Waals surface area contributed by atoms with Gasteiger partial charge in [0.2, 0.25) is 5.91 Å². The van der Waals surface area contributed by atoms with Gasteiger partial charge in [-0.05, 0) is 25.7 Å². The zero-order chi connectivity index (χ0) is 20.4. The number of amides is 1. The number of hydrogen-bond acceptors (Lipinski definition) is 7. The Hall–Kier alpha value is -1.22. The second-order valence-corrected chi connectivity index (χ2v) is 7.03. The molecule has 1 heterocycles. The molecule has 0 aromatic heterocycles. The van der Waals surface area contributed by atoms with E-state index in [0.717, 1.165) is 0 Å². The molecule has 158 valence electrons. The highest BCUT2D eigenvalue weighted by Gasteiger charge is 2.50. The molecule has 0 bridgehead atoms. The molecule has 1 amide bonds. The van der Waals surface area contributed by atoms with Crippen molar-refractivity contribution in [3.05, 3.63) is 0 Å². The molecule has 27 heavy (non-hydrogen) atoms. The SMILES string of the molecule is CCOCCOCCO[C@@]1(C)OC(COC(C)=O)[C@H](C)[C@H](C)C1NC(C)=O.